The van der Waals surface area contributed by atoms with E-state index in [9.17, 15) is 4.79 Å². The van der Waals surface area contributed by atoms with E-state index in [0.717, 1.165) is 57.5 Å². The molecule has 0 unspecified atom stereocenters. The lowest BCUT2D eigenvalue weighted by Crippen LogP contribution is -2.43. The van der Waals surface area contributed by atoms with Gasteiger partial charge in [-0.05, 0) is 13.3 Å². The summed E-state index contributed by atoms with van der Waals surface area (Å²) >= 11 is 0. The molecule has 0 N–H and O–H groups in total. The number of aromatic nitrogens is 3. The number of nitrogens with zero attached hydrogens (tertiary/aromatic N) is 5. The second kappa shape index (κ2) is 6.11. The van der Waals surface area contributed by atoms with E-state index >= 15 is 0 Å². The lowest BCUT2D eigenvalue weighted by atomic mass is 10.2. The third kappa shape index (κ3) is 2.80. The van der Waals surface area contributed by atoms with Crippen LogP contribution in [0.5, 0.6) is 0 Å². The van der Waals surface area contributed by atoms with Crippen molar-refractivity contribution in [3.8, 4) is 0 Å². The molecule has 1 aromatic heterocycles. The monoisotopic (exact) mass is 293 g/mol. The van der Waals surface area contributed by atoms with Gasteiger partial charge in [0.15, 0.2) is 5.82 Å². The van der Waals surface area contributed by atoms with Crippen LogP contribution in [0, 0.1) is 0 Å². The van der Waals surface area contributed by atoms with E-state index in [4.69, 9.17) is 4.74 Å². The summed E-state index contributed by atoms with van der Waals surface area (Å²) in [6, 6.07) is -0.202. The Balaban J connectivity index is 1.78. The number of hydrogen-bond acceptors (Lipinski definition) is 5. The SMILES string of the molecule is CCCN1Cc2nnc(CN3CCOCC3)n2[C@H](C)C1=O. The van der Waals surface area contributed by atoms with E-state index in [2.05, 4.69) is 22.0 Å². The second-order valence-electron chi connectivity index (χ2n) is 5.73. The fourth-order valence-electron chi connectivity index (χ4n) is 3.07. The Kier molecular flexibility index (Phi) is 4.21. The van der Waals surface area contributed by atoms with Crippen molar-refractivity contribution in [3.05, 3.63) is 11.6 Å². The summed E-state index contributed by atoms with van der Waals surface area (Å²) < 4.78 is 7.38. The van der Waals surface area contributed by atoms with Gasteiger partial charge in [-0.15, -0.1) is 10.2 Å². The van der Waals surface area contributed by atoms with Crippen molar-refractivity contribution in [2.75, 3.05) is 32.8 Å². The molecule has 0 radical (unpaired) electrons. The molecule has 1 atom stereocenters. The molecule has 2 aliphatic rings. The summed E-state index contributed by atoms with van der Waals surface area (Å²) in [4.78, 5) is 16.6. The molecule has 3 heterocycles. The minimum atomic E-state index is -0.202. The van der Waals surface area contributed by atoms with Crippen LogP contribution in [0.25, 0.3) is 0 Å². The molecule has 0 saturated carbocycles. The quantitative estimate of drug-likeness (QED) is 0.805. The van der Waals surface area contributed by atoms with E-state index in [0.29, 0.717) is 6.54 Å². The molecule has 0 aliphatic carbocycles. The first kappa shape index (κ1) is 14.5. The molecule has 1 saturated heterocycles. The average molecular weight is 293 g/mol. The Morgan fingerprint density at radius 1 is 1.29 bits per heavy atom. The third-order valence-corrected chi connectivity index (χ3v) is 4.19. The van der Waals surface area contributed by atoms with Crippen LogP contribution in [-0.2, 0) is 22.6 Å². The molecule has 0 aromatic carbocycles. The van der Waals surface area contributed by atoms with E-state index in [-0.39, 0.29) is 11.9 Å². The van der Waals surface area contributed by atoms with Gasteiger partial charge in [0.2, 0.25) is 5.91 Å². The number of fused-ring (bicyclic) bond motifs is 1. The normalized spacial score (nSPS) is 23.4. The summed E-state index contributed by atoms with van der Waals surface area (Å²) in [5.41, 5.74) is 0. The lowest BCUT2D eigenvalue weighted by Gasteiger charge is -2.33. The van der Waals surface area contributed by atoms with Crippen molar-refractivity contribution >= 4 is 5.91 Å². The van der Waals surface area contributed by atoms with Gasteiger partial charge in [-0.25, -0.2) is 0 Å². The molecule has 1 fully saturated rings. The zero-order chi connectivity index (χ0) is 14.8. The predicted octanol–water partition coefficient (Wildman–Crippen LogP) is 0.423. The van der Waals surface area contributed by atoms with Gasteiger partial charge in [0.05, 0.1) is 26.3 Å². The maximum Gasteiger partial charge on any atom is 0.245 e. The van der Waals surface area contributed by atoms with Crippen LogP contribution in [0.3, 0.4) is 0 Å². The highest BCUT2D eigenvalue weighted by molar-refractivity contribution is 5.81. The Hall–Kier alpha value is -1.47. The second-order valence-corrected chi connectivity index (χ2v) is 5.73. The van der Waals surface area contributed by atoms with Crippen LogP contribution in [0.2, 0.25) is 0 Å². The summed E-state index contributed by atoms with van der Waals surface area (Å²) in [5, 5.41) is 8.62. The average Bonchev–Trinajstić information content (AvgIpc) is 2.89. The highest BCUT2D eigenvalue weighted by Gasteiger charge is 2.33. The molecule has 3 rings (SSSR count). The molecule has 7 nitrogen and oxygen atoms in total. The first-order valence-corrected chi connectivity index (χ1v) is 7.72. The Morgan fingerprint density at radius 3 is 2.76 bits per heavy atom. The number of rotatable bonds is 4. The topological polar surface area (TPSA) is 63.5 Å². The van der Waals surface area contributed by atoms with Crippen molar-refractivity contribution < 1.29 is 9.53 Å². The molecule has 116 valence electrons. The highest BCUT2D eigenvalue weighted by atomic mass is 16.5. The maximum atomic E-state index is 12.4. The number of carbonyl (C=O) groups excluding carboxylic acids is 1. The minimum Gasteiger partial charge on any atom is -0.379 e. The van der Waals surface area contributed by atoms with Gasteiger partial charge in [-0.3, -0.25) is 14.3 Å². The number of hydrogen-bond donors (Lipinski definition) is 0. The van der Waals surface area contributed by atoms with E-state index in [1.165, 1.54) is 0 Å². The lowest BCUT2D eigenvalue weighted by molar-refractivity contribution is -0.137. The van der Waals surface area contributed by atoms with Crippen LogP contribution in [0.15, 0.2) is 0 Å². The molecule has 0 spiro atoms. The van der Waals surface area contributed by atoms with Crippen LogP contribution in [-0.4, -0.2) is 63.3 Å². The van der Waals surface area contributed by atoms with Crippen molar-refractivity contribution in [2.24, 2.45) is 0 Å². The Bertz CT molecular complexity index is 509. The van der Waals surface area contributed by atoms with Crippen molar-refractivity contribution in [1.82, 2.24) is 24.6 Å². The van der Waals surface area contributed by atoms with Gasteiger partial charge in [-0.2, -0.15) is 0 Å². The van der Waals surface area contributed by atoms with Gasteiger partial charge in [0.1, 0.15) is 11.9 Å². The molecule has 7 heteroatoms. The Morgan fingerprint density at radius 2 is 2.05 bits per heavy atom. The van der Waals surface area contributed by atoms with Gasteiger partial charge in [-0.1, -0.05) is 6.92 Å². The molecule has 1 aromatic rings. The van der Waals surface area contributed by atoms with E-state index < -0.39 is 0 Å². The summed E-state index contributed by atoms with van der Waals surface area (Å²) in [7, 11) is 0. The van der Waals surface area contributed by atoms with Crippen LogP contribution < -0.4 is 0 Å². The molecule has 0 bridgehead atoms. The fourth-order valence-corrected chi connectivity index (χ4v) is 3.07. The number of carbonyl (C=O) groups is 1. The van der Waals surface area contributed by atoms with E-state index in [1.807, 2.05) is 16.4 Å². The predicted molar refractivity (Wildman–Crippen MR) is 76.5 cm³/mol. The summed E-state index contributed by atoms with van der Waals surface area (Å²) in [5.74, 6) is 1.97. The first-order chi connectivity index (χ1) is 10.2. The maximum absolute atomic E-state index is 12.4. The minimum absolute atomic E-state index is 0.173. The molecule has 1 amide bonds. The first-order valence-electron chi connectivity index (χ1n) is 7.72. The van der Waals surface area contributed by atoms with Crippen molar-refractivity contribution in [1.29, 1.82) is 0 Å². The van der Waals surface area contributed by atoms with Gasteiger partial charge in [0, 0.05) is 19.6 Å². The van der Waals surface area contributed by atoms with Crippen molar-refractivity contribution in [2.45, 2.75) is 39.4 Å². The molecular weight excluding hydrogens is 270 g/mol. The van der Waals surface area contributed by atoms with Crippen LogP contribution in [0.1, 0.15) is 38.0 Å². The number of amides is 1. The van der Waals surface area contributed by atoms with Gasteiger partial charge in [0.25, 0.3) is 0 Å². The Labute approximate surface area is 124 Å². The van der Waals surface area contributed by atoms with E-state index in [1.54, 1.807) is 0 Å². The standard InChI is InChI=1S/C14H23N5O2/c1-3-4-18-10-13-16-15-12(19(13)11(2)14(18)20)9-17-5-7-21-8-6-17/h11H,3-10H2,1-2H3/t11-/m1/s1. The molecular formula is C14H23N5O2. The highest BCUT2D eigenvalue weighted by Crippen LogP contribution is 2.23. The third-order valence-electron chi connectivity index (χ3n) is 4.19. The number of ether oxygens (including phenoxy) is 1. The summed E-state index contributed by atoms with van der Waals surface area (Å²) in [6.07, 6.45) is 0.966. The summed E-state index contributed by atoms with van der Waals surface area (Å²) in [6.45, 7) is 9.48. The van der Waals surface area contributed by atoms with Gasteiger partial charge >= 0.3 is 0 Å². The van der Waals surface area contributed by atoms with Gasteiger partial charge < -0.3 is 9.64 Å². The van der Waals surface area contributed by atoms with Crippen molar-refractivity contribution in [3.63, 3.8) is 0 Å². The largest absolute Gasteiger partial charge is 0.379 e. The zero-order valence-electron chi connectivity index (χ0n) is 12.8. The van der Waals surface area contributed by atoms with Crippen LogP contribution >= 0.6 is 0 Å². The zero-order valence-corrected chi connectivity index (χ0v) is 12.8. The molecule has 21 heavy (non-hydrogen) atoms. The fraction of sp³-hybridized carbons (Fsp3) is 0.786. The smallest absolute Gasteiger partial charge is 0.245 e. The molecule has 2 aliphatic heterocycles. The number of morpholine rings is 1. The van der Waals surface area contributed by atoms with Crippen LogP contribution in [0.4, 0.5) is 0 Å².